The highest BCUT2D eigenvalue weighted by Gasteiger charge is 2.12. The van der Waals surface area contributed by atoms with Gasteiger partial charge >= 0.3 is 5.97 Å². The first-order chi connectivity index (χ1) is 8.02. The number of hydrogen-bond acceptors (Lipinski definition) is 4. The summed E-state index contributed by atoms with van der Waals surface area (Å²) in [5.74, 6) is 1.51. The van der Waals surface area contributed by atoms with Crippen LogP contribution in [0.5, 0.6) is 0 Å². The third-order valence-corrected chi connectivity index (χ3v) is 2.32. The summed E-state index contributed by atoms with van der Waals surface area (Å²) in [5.41, 5.74) is 0.640. The molecule has 0 aliphatic carbocycles. The van der Waals surface area contributed by atoms with Crippen molar-refractivity contribution < 1.29 is 13.9 Å². The Morgan fingerprint density at radius 3 is 2.82 bits per heavy atom. The minimum atomic E-state index is -0.306. The molecule has 0 bridgehead atoms. The summed E-state index contributed by atoms with van der Waals surface area (Å²) < 4.78 is 10.0. The van der Waals surface area contributed by atoms with E-state index in [-0.39, 0.29) is 12.4 Å². The van der Waals surface area contributed by atoms with Gasteiger partial charge in [0.1, 0.15) is 5.76 Å². The standard InChI is InChI=1S/C13H19NO3/c1-9(2)6-5-7-12-14-11(10(3)17-12)8-13(15)16-4/h5,7,9H,6,8H2,1-4H3/b7-5+. The summed E-state index contributed by atoms with van der Waals surface area (Å²) in [5, 5.41) is 0. The van der Waals surface area contributed by atoms with Gasteiger partial charge in [0.2, 0.25) is 5.89 Å². The molecular weight excluding hydrogens is 218 g/mol. The van der Waals surface area contributed by atoms with Crippen molar-refractivity contribution in [3.8, 4) is 0 Å². The molecule has 0 aliphatic rings. The largest absolute Gasteiger partial charge is 0.469 e. The summed E-state index contributed by atoms with van der Waals surface area (Å²) >= 11 is 0. The molecule has 0 unspecified atom stereocenters. The molecule has 0 aromatic carbocycles. The molecule has 0 radical (unpaired) electrons. The van der Waals surface area contributed by atoms with E-state index < -0.39 is 0 Å². The van der Waals surface area contributed by atoms with Gasteiger partial charge in [0.15, 0.2) is 0 Å². The Bertz CT molecular complexity index is 405. The molecule has 0 N–H and O–H groups in total. The lowest BCUT2D eigenvalue weighted by Gasteiger charge is -1.95. The normalized spacial score (nSPS) is 11.4. The van der Waals surface area contributed by atoms with E-state index >= 15 is 0 Å². The maximum absolute atomic E-state index is 11.1. The molecule has 1 heterocycles. The number of hydrogen-bond donors (Lipinski definition) is 0. The molecule has 1 aromatic heterocycles. The average molecular weight is 237 g/mol. The molecule has 0 saturated carbocycles. The summed E-state index contributed by atoms with van der Waals surface area (Å²) in [6.45, 7) is 6.09. The smallest absolute Gasteiger partial charge is 0.311 e. The quantitative estimate of drug-likeness (QED) is 0.739. The summed E-state index contributed by atoms with van der Waals surface area (Å²) in [7, 11) is 1.36. The van der Waals surface area contributed by atoms with Crippen LogP contribution in [0.4, 0.5) is 0 Å². The third-order valence-electron chi connectivity index (χ3n) is 2.32. The Balaban J connectivity index is 2.67. The second-order valence-corrected chi connectivity index (χ2v) is 4.34. The number of carbonyl (C=O) groups excluding carboxylic acids is 1. The first kappa shape index (κ1) is 13.5. The van der Waals surface area contributed by atoms with Crippen molar-refractivity contribution in [1.29, 1.82) is 0 Å². The monoisotopic (exact) mass is 237 g/mol. The van der Waals surface area contributed by atoms with Crippen molar-refractivity contribution in [2.24, 2.45) is 5.92 Å². The Morgan fingerprint density at radius 1 is 1.53 bits per heavy atom. The van der Waals surface area contributed by atoms with Crippen molar-refractivity contribution >= 4 is 12.0 Å². The van der Waals surface area contributed by atoms with Crippen molar-refractivity contribution in [3.63, 3.8) is 0 Å². The minimum absolute atomic E-state index is 0.157. The number of nitrogens with zero attached hydrogens (tertiary/aromatic N) is 1. The van der Waals surface area contributed by atoms with E-state index in [2.05, 4.69) is 23.6 Å². The number of methoxy groups -OCH3 is 1. The molecule has 94 valence electrons. The molecule has 0 aliphatic heterocycles. The predicted octanol–water partition coefficient (Wildman–Crippen LogP) is 2.76. The Hall–Kier alpha value is -1.58. The van der Waals surface area contributed by atoms with Gasteiger partial charge in [-0.25, -0.2) is 4.98 Å². The summed E-state index contributed by atoms with van der Waals surface area (Å²) in [6, 6.07) is 0. The lowest BCUT2D eigenvalue weighted by Crippen LogP contribution is -2.05. The zero-order valence-corrected chi connectivity index (χ0v) is 10.8. The van der Waals surface area contributed by atoms with Gasteiger partial charge in [-0.05, 0) is 25.3 Å². The highest BCUT2D eigenvalue weighted by Crippen LogP contribution is 2.13. The molecule has 1 aromatic rings. The number of aryl methyl sites for hydroxylation is 1. The van der Waals surface area contributed by atoms with Gasteiger partial charge < -0.3 is 9.15 Å². The van der Waals surface area contributed by atoms with Gasteiger partial charge in [-0.3, -0.25) is 4.79 Å². The van der Waals surface area contributed by atoms with Crippen LogP contribution >= 0.6 is 0 Å². The first-order valence-corrected chi connectivity index (χ1v) is 5.72. The number of carbonyl (C=O) groups is 1. The van der Waals surface area contributed by atoms with Crippen LogP contribution < -0.4 is 0 Å². The number of esters is 1. The maximum atomic E-state index is 11.1. The van der Waals surface area contributed by atoms with E-state index in [1.807, 2.05) is 12.2 Å². The van der Waals surface area contributed by atoms with Crippen LogP contribution in [0.15, 0.2) is 10.5 Å². The van der Waals surface area contributed by atoms with Crippen LogP contribution in [-0.2, 0) is 16.0 Å². The number of ether oxygens (including phenoxy) is 1. The van der Waals surface area contributed by atoms with Crippen molar-refractivity contribution in [2.75, 3.05) is 7.11 Å². The minimum Gasteiger partial charge on any atom is -0.469 e. The predicted molar refractivity (Wildman–Crippen MR) is 65.4 cm³/mol. The number of aromatic nitrogens is 1. The highest BCUT2D eigenvalue weighted by atomic mass is 16.5. The molecule has 4 heteroatoms. The number of allylic oxidation sites excluding steroid dienone is 1. The fourth-order valence-corrected chi connectivity index (χ4v) is 1.34. The molecule has 1 rings (SSSR count). The van der Waals surface area contributed by atoms with Gasteiger partial charge in [-0.15, -0.1) is 0 Å². The van der Waals surface area contributed by atoms with E-state index in [1.165, 1.54) is 7.11 Å². The van der Waals surface area contributed by atoms with E-state index in [1.54, 1.807) is 6.92 Å². The van der Waals surface area contributed by atoms with Gasteiger partial charge in [0.05, 0.1) is 19.2 Å². The van der Waals surface area contributed by atoms with Crippen LogP contribution in [0.2, 0.25) is 0 Å². The lowest BCUT2D eigenvalue weighted by molar-refractivity contribution is -0.139. The fraction of sp³-hybridized carbons (Fsp3) is 0.538. The summed E-state index contributed by atoms with van der Waals surface area (Å²) in [4.78, 5) is 15.4. The second-order valence-electron chi connectivity index (χ2n) is 4.34. The molecule has 0 amide bonds. The molecule has 4 nitrogen and oxygen atoms in total. The Labute approximate surface area is 102 Å². The Morgan fingerprint density at radius 2 is 2.24 bits per heavy atom. The fourth-order valence-electron chi connectivity index (χ4n) is 1.34. The maximum Gasteiger partial charge on any atom is 0.311 e. The zero-order chi connectivity index (χ0) is 12.8. The molecule has 17 heavy (non-hydrogen) atoms. The molecule has 0 atom stereocenters. The molecule has 0 spiro atoms. The van der Waals surface area contributed by atoms with Gasteiger partial charge in [-0.2, -0.15) is 0 Å². The van der Waals surface area contributed by atoms with E-state index in [4.69, 9.17) is 4.42 Å². The number of rotatable bonds is 5. The summed E-state index contributed by atoms with van der Waals surface area (Å²) in [6.07, 6.45) is 5.00. The highest BCUT2D eigenvalue weighted by molar-refractivity contribution is 5.72. The Kier molecular flexibility index (Phi) is 4.94. The van der Waals surface area contributed by atoms with Crippen LogP contribution in [0, 0.1) is 12.8 Å². The van der Waals surface area contributed by atoms with Crippen LogP contribution in [0.1, 0.15) is 37.6 Å². The molecule has 0 saturated heterocycles. The van der Waals surface area contributed by atoms with Crippen LogP contribution in [0.25, 0.3) is 6.08 Å². The van der Waals surface area contributed by atoms with Gasteiger partial charge in [-0.1, -0.05) is 19.9 Å². The van der Waals surface area contributed by atoms with Gasteiger partial charge in [0.25, 0.3) is 0 Å². The lowest BCUT2D eigenvalue weighted by atomic mass is 10.1. The second kappa shape index (κ2) is 6.23. The average Bonchev–Trinajstić information content (AvgIpc) is 2.59. The third kappa shape index (κ3) is 4.43. The van der Waals surface area contributed by atoms with E-state index in [9.17, 15) is 4.79 Å². The molecular formula is C13H19NO3. The van der Waals surface area contributed by atoms with Crippen LogP contribution in [-0.4, -0.2) is 18.1 Å². The van der Waals surface area contributed by atoms with E-state index in [0.29, 0.717) is 23.3 Å². The zero-order valence-electron chi connectivity index (χ0n) is 10.8. The SMILES string of the molecule is COC(=O)Cc1nc(/C=C/CC(C)C)oc1C. The number of oxazole rings is 1. The molecule has 0 fully saturated rings. The van der Waals surface area contributed by atoms with E-state index in [0.717, 1.165) is 6.42 Å². The van der Waals surface area contributed by atoms with Crippen molar-refractivity contribution in [1.82, 2.24) is 4.98 Å². The van der Waals surface area contributed by atoms with Crippen LogP contribution in [0.3, 0.4) is 0 Å². The van der Waals surface area contributed by atoms with Crippen molar-refractivity contribution in [3.05, 3.63) is 23.4 Å². The first-order valence-electron chi connectivity index (χ1n) is 5.72. The topological polar surface area (TPSA) is 52.3 Å². The van der Waals surface area contributed by atoms with Gasteiger partial charge in [0, 0.05) is 0 Å². The van der Waals surface area contributed by atoms with Crippen molar-refractivity contribution in [2.45, 2.75) is 33.6 Å².